The van der Waals surface area contributed by atoms with E-state index in [2.05, 4.69) is 6.07 Å². The number of hydrogen-bond donors (Lipinski definition) is 0. The lowest BCUT2D eigenvalue weighted by molar-refractivity contribution is 0.105. The summed E-state index contributed by atoms with van der Waals surface area (Å²) in [5.41, 5.74) is 1.68. The standard InChI is InChI=1S/C9H5O/c10-9-6-5-7-3-1-2-4-8(7)9/h1-2,4-6H. The van der Waals surface area contributed by atoms with Crippen LogP contribution in [0.1, 0.15) is 15.9 Å². The monoisotopic (exact) mass is 129 g/mol. The van der Waals surface area contributed by atoms with Crippen molar-refractivity contribution in [3.05, 3.63) is 41.5 Å². The first kappa shape index (κ1) is 5.42. The lowest BCUT2D eigenvalue weighted by atomic mass is 10.1. The van der Waals surface area contributed by atoms with Gasteiger partial charge in [-0.2, -0.15) is 0 Å². The SMILES string of the molecule is O=C1C=Cc2[c]cccc21. The van der Waals surface area contributed by atoms with E-state index in [-0.39, 0.29) is 5.78 Å². The molecule has 0 aromatic heterocycles. The van der Waals surface area contributed by atoms with Crippen LogP contribution in [0, 0.1) is 6.07 Å². The van der Waals surface area contributed by atoms with Crippen LogP contribution in [0.4, 0.5) is 0 Å². The van der Waals surface area contributed by atoms with Crippen molar-refractivity contribution in [2.45, 2.75) is 0 Å². The quantitative estimate of drug-likeness (QED) is 0.521. The summed E-state index contributed by atoms with van der Waals surface area (Å²) in [5.74, 6) is 0.0897. The van der Waals surface area contributed by atoms with E-state index in [0.717, 1.165) is 11.1 Å². The van der Waals surface area contributed by atoms with Crippen molar-refractivity contribution in [3.63, 3.8) is 0 Å². The van der Waals surface area contributed by atoms with Crippen LogP contribution in [0.2, 0.25) is 0 Å². The van der Waals surface area contributed by atoms with Crippen molar-refractivity contribution in [2.75, 3.05) is 0 Å². The van der Waals surface area contributed by atoms with Gasteiger partial charge in [-0.1, -0.05) is 18.2 Å². The van der Waals surface area contributed by atoms with Crippen LogP contribution in [-0.2, 0) is 0 Å². The molecular weight excluding hydrogens is 124 g/mol. The summed E-state index contributed by atoms with van der Waals surface area (Å²) in [5, 5.41) is 0. The molecule has 0 bridgehead atoms. The summed E-state index contributed by atoms with van der Waals surface area (Å²) in [6, 6.07) is 8.42. The van der Waals surface area contributed by atoms with Gasteiger partial charge >= 0.3 is 0 Å². The summed E-state index contributed by atoms with van der Waals surface area (Å²) in [6.45, 7) is 0. The molecule has 0 saturated heterocycles. The molecule has 1 aliphatic carbocycles. The zero-order chi connectivity index (χ0) is 6.97. The molecule has 0 spiro atoms. The Balaban J connectivity index is 2.70. The Bertz CT molecular complexity index is 310. The lowest BCUT2D eigenvalue weighted by Crippen LogP contribution is -1.89. The molecule has 47 valence electrons. The molecule has 1 radical (unpaired) electrons. The Morgan fingerprint density at radius 3 is 3.00 bits per heavy atom. The predicted molar refractivity (Wildman–Crippen MR) is 38.6 cm³/mol. The normalized spacial score (nSPS) is 13.8. The molecule has 1 aromatic rings. The van der Waals surface area contributed by atoms with E-state index in [0.29, 0.717) is 0 Å². The highest BCUT2D eigenvalue weighted by Crippen LogP contribution is 2.17. The molecule has 2 rings (SSSR count). The Labute approximate surface area is 59.0 Å². The largest absolute Gasteiger partial charge is 0.289 e. The minimum Gasteiger partial charge on any atom is -0.289 e. The van der Waals surface area contributed by atoms with Gasteiger partial charge in [0, 0.05) is 5.56 Å². The third kappa shape index (κ3) is 0.605. The van der Waals surface area contributed by atoms with Crippen LogP contribution in [0.3, 0.4) is 0 Å². The second kappa shape index (κ2) is 1.81. The molecule has 0 atom stereocenters. The van der Waals surface area contributed by atoms with E-state index in [1.165, 1.54) is 0 Å². The molecule has 1 aliphatic rings. The number of hydrogen-bond acceptors (Lipinski definition) is 1. The first-order chi connectivity index (χ1) is 4.88. The average Bonchev–Trinajstić information content (AvgIpc) is 2.34. The van der Waals surface area contributed by atoms with Crippen molar-refractivity contribution < 1.29 is 4.79 Å². The second-order valence-electron chi connectivity index (χ2n) is 2.20. The van der Waals surface area contributed by atoms with Gasteiger partial charge in [0.25, 0.3) is 0 Å². The first-order valence-electron chi connectivity index (χ1n) is 3.11. The van der Waals surface area contributed by atoms with Gasteiger partial charge in [-0.25, -0.2) is 0 Å². The van der Waals surface area contributed by atoms with Crippen LogP contribution in [-0.4, -0.2) is 5.78 Å². The molecule has 1 heteroatoms. The number of carbonyl (C=O) groups excluding carboxylic acids is 1. The Morgan fingerprint density at radius 1 is 1.30 bits per heavy atom. The molecule has 0 unspecified atom stereocenters. The number of allylic oxidation sites excluding steroid dienone is 1. The molecule has 10 heavy (non-hydrogen) atoms. The fourth-order valence-electron chi connectivity index (χ4n) is 1.05. The first-order valence-corrected chi connectivity index (χ1v) is 3.11. The van der Waals surface area contributed by atoms with Crippen LogP contribution in [0.15, 0.2) is 24.3 Å². The van der Waals surface area contributed by atoms with Crippen LogP contribution < -0.4 is 0 Å². The van der Waals surface area contributed by atoms with Gasteiger partial charge in [0.15, 0.2) is 5.78 Å². The fourth-order valence-corrected chi connectivity index (χ4v) is 1.05. The van der Waals surface area contributed by atoms with E-state index >= 15 is 0 Å². The maximum absolute atomic E-state index is 11.0. The number of carbonyl (C=O) groups is 1. The van der Waals surface area contributed by atoms with Gasteiger partial charge < -0.3 is 0 Å². The molecule has 0 heterocycles. The molecule has 0 saturated carbocycles. The topological polar surface area (TPSA) is 17.1 Å². The van der Waals surface area contributed by atoms with E-state index in [1.54, 1.807) is 12.2 Å². The van der Waals surface area contributed by atoms with Crippen molar-refractivity contribution in [1.82, 2.24) is 0 Å². The lowest BCUT2D eigenvalue weighted by Gasteiger charge is -1.91. The van der Waals surface area contributed by atoms with Crippen molar-refractivity contribution in [3.8, 4) is 0 Å². The summed E-state index contributed by atoms with van der Waals surface area (Å²) in [6.07, 6.45) is 3.36. The van der Waals surface area contributed by atoms with Gasteiger partial charge in [-0.05, 0) is 23.8 Å². The molecule has 1 nitrogen and oxygen atoms in total. The molecule has 0 amide bonds. The summed E-state index contributed by atoms with van der Waals surface area (Å²) in [4.78, 5) is 11.0. The maximum atomic E-state index is 11.0. The Kier molecular flexibility index (Phi) is 0.978. The molecule has 1 aromatic carbocycles. The van der Waals surface area contributed by atoms with Crippen LogP contribution in [0.25, 0.3) is 6.08 Å². The van der Waals surface area contributed by atoms with Crippen molar-refractivity contribution in [2.24, 2.45) is 0 Å². The maximum Gasteiger partial charge on any atom is 0.186 e. The van der Waals surface area contributed by atoms with Crippen molar-refractivity contribution >= 4 is 11.9 Å². The highest BCUT2D eigenvalue weighted by atomic mass is 16.1. The fraction of sp³-hybridized carbons (Fsp3) is 0. The number of benzene rings is 1. The van der Waals surface area contributed by atoms with Gasteiger partial charge in [-0.15, -0.1) is 0 Å². The minimum absolute atomic E-state index is 0.0897. The molecule has 0 aliphatic heterocycles. The van der Waals surface area contributed by atoms with E-state index in [9.17, 15) is 4.79 Å². The minimum atomic E-state index is 0.0897. The Morgan fingerprint density at radius 2 is 2.20 bits per heavy atom. The summed E-state index contributed by atoms with van der Waals surface area (Å²) < 4.78 is 0. The van der Waals surface area contributed by atoms with Gasteiger partial charge in [-0.3, -0.25) is 4.79 Å². The Hall–Kier alpha value is -1.37. The average molecular weight is 129 g/mol. The van der Waals surface area contributed by atoms with E-state index in [1.807, 2.05) is 18.2 Å². The molecular formula is C9H5O. The predicted octanol–water partition coefficient (Wildman–Crippen LogP) is 1.70. The van der Waals surface area contributed by atoms with Crippen LogP contribution in [0.5, 0.6) is 0 Å². The number of rotatable bonds is 0. The molecule has 0 N–H and O–H groups in total. The van der Waals surface area contributed by atoms with Crippen molar-refractivity contribution in [1.29, 1.82) is 0 Å². The van der Waals surface area contributed by atoms with Gasteiger partial charge in [0.1, 0.15) is 0 Å². The molecule has 0 fully saturated rings. The summed E-state index contributed by atoms with van der Waals surface area (Å²) >= 11 is 0. The van der Waals surface area contributed by atoms with Crippen LogP contribution >= 0.6 is 0 Å². The highest BCUT2D eigenvalue weighted by Gasteiger charge is 2.10. The smallest absolute Gasteiger partial charge is 0.186 e. The number of fused-ring (bicyclic) bond motifs is 1. The second-order valence-corrected chi connectivity index (χ2v) is 2.20. The zero-order valence-electron chi connectivity index (χ0n) is 5.29. The van der Waals surface area contributed by atoms with E-state index in [4.69, 9.17) is 0 Å². The van der Waals surface area contributed by atoms with E-state index < -0.39 is 0 Å². The third-order valence-corrected chi connectivity index (χ3v) is 1.55. The zero-order valence-corrected chi connectivity index (χ0v) is 5.29. The third-order valence-electron chi connectivity index (χ3n) is 1.55. The highest BCUT2D eigenvalue weighted by molar-refractivity contribution is 6.13. The van der Waals surface area contributed by atoms with Gasteiger partial charge in [0.05, 0.1) is 0 Å². The number of ketones is 1. The summed E-state index contributed by atoms with van der Waals surface area (Å²) in [7, 11) is 0. The van der Waals surface area contributed by atoms with Gasteiger partial charge in [0.2, 0.25) is 0 Å².